The summed E-state index contributed by atoms with van der Waals surface area (Å²) < 4.78 is 11.1. The molecular weight excluding hydrogens is 408 g/mol. The first-order valence-electron chi connectivity index (χ1n) is 9.71. The summed E-state index contributed by atoms with van der Waals surface area (Å²) in [5.74, 6) is 0.699. The summed E-state index contributed by atoms with van der Waals surface area (Å²) in [4.78, 5) is 34.2. The van der Waals surface area contributed by atoms with Gasteiger partial charge in [-0.1, -0.05) is 11.6 Å². The van der Waals surface area contributed by atoms with E-state index in [1.54, 1.807) is 24.3 Å². The number of carbonyl (C=O) groups is 2. The van der Waals surface area contributed by atoms with E-state index in [9.17, 15) is 9.59 Å². The van der Waals surface area contributed by atoms with Crippen molar-refractivity contribution in [2.45, 2.75) is 18.9 Å². The molecule has 0 aliphatic carbocycles. The van der Waals surface area contributed by atoms with Gasteiger partial charge in [0.05, 0.1) is 16.7 Å². The number of anilines is 2. The van der Waals surface area contributed by atoms with Gasteiger partial charge in [-0.15, -0.1) is 0 Å². The van der Waals surface area contributed by atoms with Gasteiger partial charge in [0.2, 0.25) is 5.91 Å². The minimum absolute atomic E-state index is 0.00494. The summed E-state index contributed by atoms with van der Waals surface area (Å²) in [6.45, 7) is 0.489. The molecule has 1 aromatic heterocycles. The van der Waals surface area contributed by atoms with E-state index >= 15 is 0 Å². The van der Waals surface area contributed by atoms with Crippen LogP contribution in [0, 0.1) is 0 Å². The zero-order valence-electron chi connectivity index (χ0n) is 16.0. The number of amides is 2. The van der Waals surface area contributed by atoms with Crippen LogP contribution in [0.4, 0.5) is 11.4 Å². The van der Waals surface area contributed by atoms with Crippen molar-refractivity contribution < 1.29 is 19.1 Å². The molecule has 1 unspecified atom stereocenters. The van der Waals surface area contributed by atoms with Crippen LogP contribution >= 0.6 is 11.6 Å². The number of aromatic amines is 1. The van der Waals surface area contributed by atoms with Crippen molar-refractivity contribution in [3.05, 3.63) is 47.2 Å². The molecule has 2 N–H and O–H groups in total. The number of ether oxygens (including phenoxy) is 2. The Hall–Kier alpha value is -3.10. The Bertz CT molecular complexity index is 1140. The van der Waals surface area contributed by atoms with Crippen molar-refractivity contribution >= 4 is 45.8 Å². The summed E-state index contributed by atoms with van der Waals surface area (Å²) in [6.07, 6.45) is 1.97. The number of H-pyrrole nitrogens is 1. The zero-order valence-corrected chi connectivity index (χ0v) is 16.7. The summed E-state index contributed by atoms with van der Waals surface area (Å²) in [5.41, 5.74) is 2.73. The topological polar surface area (TPSA) is 96.6 Å². The highest BCUT2D eigenvalue weighted by atomic mass is 35.5. The Morgan fingerprint density at radius 2 is 2.20 bits per heavy atom. The van der Waals surface area contributed by atoms with Crippen molar-refractivity contribution in [3.8, 4) is 5.75 Å². The molecule has 2 aromatic carbocycles. The highest BCUT2D eigenvalue weighted by molar-refractivity contribution is 6.31. The Kier molecular flexibility index (Phi) is 4.80. The molecule has 2 amide bonds. The predicted octanol–water partition coefficient (Wildman–Crippen LogP) is 3.43. The van der Waals surface area contributed by atoms with E-state index in [2.05, 4.69) is 15.3 Å². The maximum Gasteiger partial charge on any atom is 0.265 e. The maximum absolute atomic E-state index is 12.6. The number of nitrogens with one attached hydrogen (secondary N) is 2. The van der Waals surface area contributed by atoms with Gasteiger partial charge in [0.25, 0.3) is 5.91 Å². The molecule has 0 saturated carbocycles. The maximum atomic E-state index is 12.6. The molecule has 0 bridgehead atoms. The van der Waals surface area contributed by atoms with Crippen LogP contribution in [0.15, 0.2) is 36.4 Å². The second kappa shape index (κ2) is 7.62. The van der Waals surface area contributed by atoms with Gasteiger partial charge in [-0.25, -0.2) is 4.98 Å². The standard InChI is InChI=1S/C21H19ClN4O4/c22-12-3-6-17-16(8-12)26(20(28)11-30-17)10-19(27)23-13-4-5-14-15(9-13)25-21(24-14)18-2-1-7-29-18/h3-6,8-9,18H,1-2,7,10-11H2,(H,23,27)(H,24,25). The molecule has 0 spiro atoms. The van der Waals surface area contributed by atoms with E-state index in [1.807, 2.05) is 12.1 Å². The van der Waals surface area contributed by atoms with E-state index in [4.69, 9.17) is 21.1 Å². The molecular formula is C21H19ClN4O4. The molecule has 2 aliphatic rings. The quantitative estimate of drug-likeness (QED) is 0.666. The van der Waals surface area contributed by atoms with Crippen molar-refractivity contribution in [2.24, 2.45) is 0 Å². The third-order valence-electron chi connectivity index (χ3n) is 5.18. The molecule has 3 aromatic rings. The van der Waals surface area contributed by atoms with Crippen LogP contribution in [0.3, 0.4) is 0 Å². The van der Waals surface area contributed by atoms with Gasteiger partial charge in [0.1, 0.15) is 24.2 Å². The molecule has 1 fully saturated rings. The first-order valence-corrected chi connectivity index (χ1v) is 10.1. The fourth-order valence-corrected chi connectivity index (χ4v) is 3.91. The van der Waals surface area contributed by atoms with Gasteiger partial charge >= 0.3 is 0 Å². The first kappa shape index (κ1) is 18.9. The number of rotatable bonds is 4. The van der Waals surface area contributed by atoms with Crippen molar-refractivity contribution in [1.29, 1.82) is 0 Å². The fraction of sp³-hybridized carbons (Fsp3) is 0.286. The smallest absolute Gasteiger partial charge is 0.265 e. The lowest BCUT2D eigenvalue weighted by atomic mass is 10.2. The lowest BCUT2D eigenvalue weighted by Crippen LogP contribution is -2.43. The van der Waals surface area contributed by atoms with Gasteiger partial charge in [0.15, 0.2) is 6.61 Å². The van der Waals surface area contributed by atoms with Crippen LogP contribution in [-0.2, 0) is 14.3 Å². The van der Waals surface area contributed by atoms with E-state index in [0.29, 0.717) is 22.1 Å². The third-order valence-corrected chi connectivity index (χ3v) is 5.42. The Balaban J connectivity index is 1.32. The largest absolute Gasteiger partial charge is 0.482 e. The Labute approximate surface area is 177 Å². The van der Waals surface area contributed by atoms with E-state index in [1.165, 1.54) is 4.90 Å². The second-order valence-corrected chi connectivity index (χ2v) is 7.72. The first-order chi connectivity index (χ1) is 14.6. The van der Waals surface area contributed by atoms with Gasteiger partial charge in [0, 0.05) is 17.3 Å². The molecule has 8 nitrogen and oxygen atoms in total. The third kappa shape index (κ3) is 3.59. The van der Waals surface area contributed by atoms with E-state index in [-0.39, 0.29) is 31.1 Å². The molecule has 9 heteroatoms. The van der Waals surface area contributed by atoms with Gasteiger partial charge in [-0.3, -0.25) is 14.5 Å². The summed E-state index contributed by atoms with van der Waals surface area (Å²) in [5, 5.41) is 3.30. The van der Waals surface area contributed by atoms with Gasteiger partial charge in [-0.05, 0) is 49.2 Å². The number of halogens is 1. The van der Waals surface area contributed by atoms with Crippen LogP contribution in [0.2, 0.25) is 5.02 Å². The Morgan fingerprint density at radius 1 is 1.30 bits per heavy atom. The normalized spacial score (nSPS) is 18.4. The lowest BCUT2D eigenvalue weighted by Gasteiger charge is -2.29. The fourth-order valence-electron chi connectivity index (χ4n) is 3.75. The van der Waals surface area contributed by atoms with Crippen molar-refractivity contribution in [2.75, 3.05) is 30.0 Å². The average Bonchev–Trinajstić information content (AvgIpc) is 3.39. The van der Waals surface area contributed by atoms with Gasteiger partial charge in [-0.2, -0.15) is 0 Å². The minimum Gasteiger partial charge on any atom is -0.482 e. The van der Waals surface area contributed by atoms with Crippen LogP contribution in [0.5, 0.6) is 5.75 Å². The minimum atomic E-state index is -0.325. The number of aromatic nitrogens is 2. The summed E-state index contributed by atoms with van der Waals surface area (Å²) >= 11 is 6.05. The number of imidazole rings is 1. The number of fused-ring (bicyclic) bond motifs is 2. The molecule has 154 valence electrons. The highest BCUT2D eigenvalue weighted by Crippen LogP contribution is 2.34. The average molecular weight is 427 g/mol. The Morgan fingerprint density at radius 3 is 3.03 bits per heavy atom. The monoisotopic (exact) mass is 426 g/mol. The number of hydrogen-bond acceptors (Lipinski definition) is 5. The number of nitrogens with zero attached hydrogens (tertiary/aromatic N) is 2. The molecule has 30 heavy (non-hydrogen) atoms. The number of benzene rings is 2. The van der Waals surface area contributed by atoms with Crippen molar-refractivity contribution in [1.82, 2.24) is 9.97 Å². The number of hydrogen-bond donors (Lipinski definition) is 2. The SMILES string of the molecule is O=C(CN1C(=O)COc2ccc(Cl)cc21)Nc1ccc2nc(C3CCCO3)[nH]c2c1. The molecule has 1 atom stereocenters. The lowest BCUT2D eigenvalue weighted by molar-refractivity contribution is -0.123. The molecule has 0 radical (unpaired) electrons. The van der Waals surface area contributed by atoms with Gasteiger partial charge < -0.3 is 19.8 Å². The van der Waals surface area contributed by atoms with Crippen LogP contribution in [0.1, 0.15) is 24.8 Å². The van der Waals surface area contributed by atoms with Crippen LogP contribution in [0.25, 0.3) is 11.0 Å². The molecule has 3 heterocycles. The van der Waals surface area contributed by atoms with Crippen LogP contribution < -0.4 is 15.0 Å². The second-order valence-electron chi connectivity index (χ2n) is 7.28. The molecule has 5 rings (SSSR count). The predicted molar refractivity (Wildman–Crippen MR) is 112 cm³/mol. The number of carbonyl (C=O) groups excluding carboxylic acids is 2. The van der Waals surface area contributed by atoms with Crippen molar-refractivity contribution in [3.63, 3.8) is 0 Å². The van der Waals surface area contributed by atoms with Crippen LogP contribution in [-0.4, -0.2) is 41.5 Å². The highest BCUT2D eigenvalue weighted by Gasteiger charge is 2.28. The summed E-state index contributed by atoms with van der Waals surface area (Å²) in [6, 6.07) is 10.4. The molecule has 2 aliphatic heterocycles. The zero-order chi connectivity index (χ0) is 20.7. The summed E-state index contributed by atoms with van der Waals surface area (Å²) in [7, 11) is 0. The van der Waals surface area contributed by atoms with E-state index in [0.717, 1.165) is 36.3 Å². The molecule has 1 saturated heterocycles. The van der Waals surface area contributed by atoms with E-state index < -0.39 is 0 Å².